The lowest BCUT2D eigenvalue weighted by Gasteiger charge is -2.33. The van der Waals surface area contributed by atoms with Crippen LogP contribution in [0.1, 0.15) is 50.0 Å². The average Bonchev–Trinajstić information content (AvgIpc) is 3.51. The number of hydrogen-bond acceptors (Lipinski definition) is 6. The van der Waals surface area contributed by atoms with E-state index in [0.717, 1.165) is 24.0 Å². The van der Waals surface area contributed by atoms with Gasteiger partial charge in [-0.25, -0.2) is 14.2 Å². The lowest BCUT2D eigenvalue weighted by atomic mass is 10.1. The Morgan fingerprint density at radius 2 is 1.84 bits per heavy atom. The number of fused-ring (bicyclic) bond motifs is 1. The minimum Gasteiger partial charge on any atom is -0.444 e. The van der Waals surface area contributed by atoms with Crippen molar-refractivity contribution >= 4 is 28.9 Å². The molecule has 0 radical (unpaired) electrons. The van der Waals surface area contributed by atoms with Crippen molar-refractivity contribution in [3.05, 3.63) is 60.3 Å². The number of ether oxygens (including phenoxy) is 1. The molecular weight excluding hydrogens is 477 g/mol. The van der Waals surface area contributed by atoms with Gasteiger partial charge in [0.1, 0.15) is 17.2 Å². The summed E-state index contributed by atoms with van der Waals surface area (Å²) < 4.78 is 20.6. The molecule has 4 heterocycles. The zero-order valence-corrected chi connectivity index (χ0v) is 20.9. The third kappa shape index (κ3) is 5.45. The summed E-state index contributed by atoms with van der Waals surface area (Å²) in [4.78, 5) is 31.1. The average molecular weight is 506 g/mol. The van der Waals surface area contributed by atoms with Crippen LogP contribution in [-0.2, 0) is 4.74 Å². The van der Waals surface area contributed by atoms with Crippen LogP contribution in [0.5, 0.6) is 0 Å². The number of piperidine rings is 1. The molecule has 2 N–H and O–H groups in total. The van der Waals surface area contributed by atoms with E-state index in [1.165, 1.54) is 24.3 Å². The van der Waals surface area contributed by atoms with Crippen LogP contribution in [0.15, 0.2) is 48.9 Å². The van der Waals surface area contributed by atoms with Gasteiger partial charge in [-0.15, -0.1) is 0 Å². The normalized spacial score (nSPS) is 14.6. The molecule has 4 aromatic rings. The van der Waals surface area contributed by atoms with Gasteiger partial charge < -0.3 is 15.0 Å². The first-order valence-electron chi connectivity index (χ1n) is 12.1. The van der Waals surface area contributed by atoms with Crippen LogP contribution in [0.4, 0.5) is 15.0 Å². The molecule has 1 aliphatic heterocycles. The van der Waals surface area contributed by atoms with Crippen LogP contribution in [0.25, 0.3) is 22.2 Å². The molecule has 0 atom stereocenters. The van der Waals surface area contributed by atoms with Crippen molar-refractivity contribution in [2.24, 2.45) is 0 Å². The number of rotatable bonds is 4. The van der Waals surface area contributed by atoms with Crippen molar-refractivity contribution in [3.8, 4) is 11.1 Å². The predicted molar refractivity (Wildman–Crippen MR) is 136 cm³/mol. The van der Waals surface area contributed by atoms with E-state index >= 15 is 0 Å². The zero-order valence-electron chi connectivity index (χ0n) is 20.9. The largest absolute Gasteiger partial charge is 0.444 e. The van der Waals surface area contributed by atoms with Crippen molar-refractivity contribution in [2.75, 3.05) is 18.4 Å². The van der Waals surface area contributed by atoms with Crippen LogP contribution in [0.2, 0.25) is 0 Å². The number of halogens is 1. The maximum absolute atomic E-state index is 13.2. The molecule has 0 bridgehead atoms. The summed E-state index contributed by atoms with van der Waals surface area (Å²) in [6, 6.07) is 7.36. The minimum atomic E-state index is -0.515. The second-order valence-electron chi connectivity index (χ2n) is 10.1. The summed E-state index contributed by atoms with van der Waals surface area (Å²) in [5, 5.41) is 15.0. The van der Waals surface area contributed by atoms with Crippen LogP contribution in [0, 0.1) is 5.82 Å². The van der Waals surface area contributed by atoms with E-state index in [1.54, 1.807) is 17.3 Å². The molecule has 0 saturated carbocycles. The van der Waals surface area contributed by atoms with E-state index in [-0.39, 0.29) is 18.0 Å². The zero-order chi connectivity index (χ0) is 26.2. The molecule has 2 amide bonds. The molecule has 0 aliphatic carbocycles. The van der Waals surface area contributed by atoms with E-state index in [4.69, 9.17) is 4.74 Å². The second kappa shape index (κ2) is 9.64. The molecule has 37 heavy (non-hydrogen) atoms. The third-order valence-electron chi connectivity index (χ3n) is 6.18. The number of amides is 2. The van der Waals surface area contributed by atoms with Gasteiger partial charge in [0.15, 0.2) is 5.65 Å². The Kier molecular flexibility index (Phi) is 6.36. The molecule has 10 nitrogen and oxygen atoms in total. The van der Waals surface area contributed by atoms with Gasteiger partial charge >= 0.3 is 6.09 Å². The maximum Gasteiger partial charge on any atom is 0.410 e. The van der Waals surface area contributed by atoms with E-state index in [1.807, 2.05) is 37.7 Å². The summed E-state index contributed by atoms with van der Waals surface area (Å²) in [6.45, 7) is 6.80. The summed E-state index contributed by atoms with van der Waals surface area (Å²) in [7, 11) is 0. The molecule has 5 rings (SSSR count). The van der Waals surface area contributed by atoms with Gasteiger partial charge in [-0.2, -0.15) is 10.2 Å². The van der Waals surface area contributed by atoms with E-state index < -0.39 is 11.4 Å². The van der Waals surface area contributed by atoms with E-state index in [9.17, 15) is 14.0 Å². The fraction of sp³-hybridized carbons (Fsp3) is 0.346. The van der Waals surface area contributed by atoms with Crippen LogP contribution in [0.3, 0.4) is 0 Å². The van der Waals surface area contributed by atoms with Crippen LogP contribution in [-0.4, -0.2) is 60.6 Å². The number of carbonyl (C=O) groups is 2. The smallest absolute Gasteiger partial charge is 0.410 e. The minimum absolute atomic E-state index is 0.170. The third-order valence-corrected chi connectivity index (χ3v) is 6.18. The van der Waals surface area contributed by atoms with Crippen molar-refractivity contribution in [2.45, 2.75) is 45.3 Å². The highest BCUT2D eigenvalue weighted by atomic mass is 19.1. The number of likely N-dealkylation sites (tertiary alicyclic amines) is 1. The Hall–Kier alpha value is -4.28. The van der Waals surface area contributed by atoms with Gasteiger partial charge in [0.2, 0.25) is 0 Å². The Balaban J connectivity index is 1.28. The van der Waals surface area contributed by atoms with E-state index in [0.29, 0.717) is 35.5 Å². The lowest BCUT2D eigenvalue weighted by Crippen LogP contribution is -2.42. The molecule has 1 fully saturated rings. The first kappa shape index (κ1) is 24.4. The number of nitrogens with zero attached hydrogens (tertiary/aromatic N) is 5. The molecule has 1 aliphatic rings. The fourth-order valence-corrected chi connectivity index (χ4v) is 4.27. The number of benzene rings is 1. The summed E-state index contributed by atoms with van der Waals surface area (Å²) >= 11 is 0. The summed E-state index contributed by atoms with van der Waals surface area (Å²) in [5.41, 5.74) is 1.97. The number of aromatic amines is 1. The standard InChI is InChI=1S/C26H28FN7O3/c1-26(2,3)37-25(36)33-10-8-20(9-11-33)34-15-18(14-29-34)17-12-21-22(28-13-17)31-32-23(21)30-24(35)16-4-6-19(27)7-5-16/h4-7,12-15,20H,8-11H2,1-3H3,(H2,28,30,31,32,35). The molecule has 192 valence electrons. The number of anilines is 1. The highest BCUT2D eigenvalue weighted by Crippen LogP contribution is 2.29. The Labute approximate surface area is 212 Å². The fourth-order valence-electron chi connectivity index (χ4n) is 4.27. The monoisotopic (exact) mass is 505 g/mol. The number of hydrogen-bond donors (Lipinski definition) is 2. The quantitative estimate of drug-likeness (QED) is 0.412. The number of H-pyrrole nitrogens is 1. The van der Waals surface area contributed by atoms with Gasteiger partial charge in [-0.3, -0.25) is 14.6 Å². The van der Waals surface area contributed by atoms with Gasteiger partial charge in [0, 0.05) is 42.2 Å². The molecule has 0 spiro atoms. The topological polar surface area (TPSA) is 118 Å². The molecular formula is C26H28FN7O3. The second-order valence-corrected chi connectivity index (χ2v) is 10.1. The Bertz CT molecular complexity index is 1430. The predicted octanol–water partition coefficient (Wildman–Crippen LogP) is 4.78. The molecule has 1 saturated heterocycles. The number of carbonyl (C=O) groups excluding carboxylic acids is 2. The SMILES string of the molecule is CC(C)(C)OC(=O)N1CCC(n2cc(-c3cnc4n[nH]c(NC(=O)c5ccc(F)cc5)c4c3)cn2)CC1. The highest BCUT2D eigenvalue weighted by molar-refractivity contribution is 6.07. The van der Waals surface area contributed by atoms with Gasteiger partial charge in [-0.05, 0) is 63.9 Å². The first-order valence-corrected chi connectivity index (χ1v) is 12.1. The van der Waals surface area contributed by atoms with Crippen molar-refractivity contribution < 1.29 is 18.7 Å². The lowest BCUT2D eigenvalue weighted by molar-refractivity contribution is 0.0184. The van der Waals surface area contributed by atoms with Crippen LogP contribution < -0.4 is 5.32 Å². The van der Waals surface area contributed by atoms with Gasteiger partial charge in [-0.1, -0.05) is 0 Å². The maximum atomic E-state index is 13.2. The van der Waals surface area contributed by atoms with E-state index in [2.05, 4.69) is 25.6 Å². The van der Waals surface area contributed by atoms with Gasteiger partial charge in [0.05, 0.1) is 17.6 Å². The Morgan fingerprint density at radius 1 is 1.11 bits per heavy atom. The molecule has 3 aromatic heterocycles. The molecule has 1 aromatic carbocycles. The number of nitrogens with one attached hydrogen (secondary N) is 2. The van der Waals surface area contributed by atoms with Crippen molar-refractivity contribution in [1.82, 2.24) is 29.9 Å². The summed E-state index contributed by atoms with van der Waals surface area (Å²) in [5.74, 6) is -0.395. The van der Waals surface area contributed by atoms with Crippen molar-refractivity contribution in [1.29, 1.82) is 0 Å². The number of aromatic nitrogens is 5. The highest BCUT2D eigenvalue weighted by Gasteiger charge is 2.28. The van der Waals surface area contributed by atoms with Crippen molar-refractivity contribution in [3.63, 3.8) is 0 Å². The molecule has 11 heteroatoms. The van der Waals surface area contributed by atoms with Crippen LogP contribution >= 0.6 is 0 Å². The first-order chi connectivity index (χ1) is 17.7. The van der Waals surface area contributed by atoms with Gasteiger partial charge in [0.25, 0.3) is 5.91 Å². The molecule has 0 unspecified atom stereocenters. The number of pyridine rings is 1. The summed E-state index contributed by atoms with van der Waals surface area (Å²) in [6.07, 6.45) is 6.72. The Morgan fingerprint density at radius 3 is 2.54 bits per heavy atom.